The molecule has 0 aromatic heterocycles. The summed E-state index contributed by atoms with van der Waals surface area (Å²) in [7, 11) is 2.93. The number of hydrogen-bond donors (Lipinski definition) is 4. The Balaban J connectivity index is 0.000000450. The van der Waals surface area contributed by atoms with Gasteiger partial charge in [-0.15, -0.1) is 0 Å². The van der Waals surface area contributed by atoms with Crippen LogP contribution in [0.3, 0.4) is 0 Å². The highest BCUT2D eigenvalue weighted by Crippen LogP contribution is 2.30. The number of hydrogen-bond acceptors (Lipinski definition) is 8. The monoisotopic (exact) mass is 630 g/mol. The van der Waals surface area contributed by atoms with Crippen LogP contribution in [0.5, 0.6) is 23.0 Å². The van der Waals surface area contributed by atoms with E-state index in [9.17, 15) is 30.0 Å². The topological polar surface area (TPSA) is 134 Å². The second kappa shape index (κ2) is 24.2. The van der Waals surface area contributed by atoms with Gasteiger partial charge in [-0.2, -0.15) is 0 Å². The Kier molecular flexibility index (Phi) is 21.4. The Morgan fingerprint density at radius 3 is 1.91 bits per heavy atom. The van der Waals surface area contributed by atoms with Crippen LogP contribution in [-0.2, 0) is 11.2 Å². The lowest BCUT2D eigenvalue weighted by Gasteiger charge is -2.11. The molecule has 2 aromatic carbocycles. The normalized spacial score (nSPS) is 12.1. The lowest BCUT2D eigenvalue weighted by molar-refractivity contribution is -0.121. The summed E-state index contributed by atoms with van der Waals surface area (Å²) in [5.41, 5.74) is 1.07. The van der Waals surface area contributed by atoms with Crippen molar-refractivity contribution < 1.29 is 39.5 Å². The standard InChI is InChI=1S/C19H30O4.C18H28O4/c1-3-4-5-6-7-10-16(20)14-17(21)13-12-15-9-8-11-18(23-2)19(15)22;1-3-4-5-6-7-8-9-10-16(20)18(21)14-11-12-15(19)17(13-14)22-2/h8-9,11,16,20,22H,3-7,10,12-14H2,1-2H3;11-13,16,19-20H,3-10H2,1-2H3. The van der Waals surface area contributed by atoms with Crippen molar-refractivity contribution in [1.29, 1.82) is 0 Å². The summed E-state index contributed by atoms with van der Waals surface area (Å²) in [4.78, 5) is 24.1. The molecule has 2 atom stereocenters. The number of aliphatic hydroxyl groups is 2. The van der Waals surface area contributed by atoms with Gasteiger partial charge in [0.25, 0.3) is 0 Å². The smallest absolute Gasteiger partial charge is 0.191 e. The molecule has 0 aliphatic rings. The SMILES string of the molecule is CCCCCCCC(O)CC(=O)CCc1cccc(OC)c1O.CCCCCCCCCC(O)C(=O)c1ccc(O)c(OC)c1. The van der Waals surface area contributed by atoms with E-state index in [4.69, 9.17) is 9.47 Å². The van der Waals surface area contributed by atoms with Crippen LogP contribution >= 0.6 is 0 Å². The number of aryl methyl sites for hydroxylation is 1. The maximum Gasteiger partial charge on any atom is 0.191 e. The third kappa shape index (κ3) is 16.7. The molecule has 254 valence electrons. The molecular weight excluding hydrogens is 572 g/mol. The summed E-state index contributed by atoms with van der Waals surface area (Å²) in [6, 6.07) is 9.65. The summed E-state index contributed by atoms with van der Waals surface area (Å²) >= 11 is 0. The van der Waals surface area contributed by atoms with E-state index in [0.717, 1.165) is 32.1 Å². The summed E-state index contributed by atoms with van der Waals surface area (Å²) in [5.74, 6) is 0.466. The zero-order chi connectivity index (χ0) is 33.5. The molecule has 45 heavy (non-hydrogen) atoms. The average molecular weight is 631 g/mol. The molecule has 0 saturated heterocycles. The number of unbranched alkanes of at least 4 members (excludes halogenated alkanes) is 10. The van der Waals surface area contributed by atoms with Crippen molar-refractivity contribution in [2.45, 2.75) is 135 Å². The van der Waals surface area contributed by atoms with E-state index < -0.39 is 12.2 Å². The lowest BCUT2D eigenvalue weighted by Crippen LogP contribution is -2.20. The van der Waals surface area contributed by atoms with Crippen molar-refractivity contribution in [3.8, 4) is 23.0 Å². The Labute approximate surface area is 270 Å². The van der Waals surface area contributed by atoms with Crippen LogP contribution in [-0.4, -0.2) is 58.4 Å². The number of phenols is 2. The molecule has 0 saturated carbocycles. The molecule has 0 heterocycles. The number of Topliss-reactive ketones (excluding diaryl/α,β-unsaturated/α-hetero) is 2. The predicted molar refractivity (Wildman–Crippen MR) is 180 cm³/mol. The fourth-order valence-corrected chi connectivity index (χ4v) is 5.11. The van der Waals surface area contributed by atoms with Gasteiger partial charge >= 0.3 is 0 Å². The minimum absolute atomic E-state index is 0.0133. The minimum atomic E-state index is -0.982. The molecule has 8 heteroatoms. The van der Waals surface area contributed by atoms with Crippen LogP contribution < -0.4 is 9.47 Å². The summed E-state index contributed by atoms with van der Waals surface area (Å²) in [6.45, 7) is 4.37. The van der Waals surface area contributed by atoms with Crippen LogP contribution in [0.1, 0.15) is 133 Å². The quantitative estimate of drug-likeness (QED) is 0.0715. The van der Waals surface area contributed by atoms with Crippen LogP contribution in [0.15, 0.2) is 36.4 Å². The van der Waals surface area contributed by atoms with E-state index in [-0.39, 0.29) is 35.2 Å². The zero-order valence-corrected chi connectivity index (χ0v) is 28.1. The summed E-state index contributed by atoms with van der Waals surface area (Å²) in [5, 5.41) is 39.4. The van der Waals surface area contributed by atoms with E-state index in [1.54, 1.807) is 18.2 Å². The third-order valence-corrected chi connectivity index (χ3v) is 7.93. The number of methoxy groups -OCH3 is 2. The first-order chi connectivity index (χ1) is 21.7. The van der Waals surface area contributed by atoms with Gasteiger partial charge in [-0.25, -0.2) is 0 Å². The first-order valence-corrected chi connectivity index (χ1v) is 16.8. The first kappa shape index (κ1) is 39.9. The molecule has 0 radical (unpaired) electrons. The van der Waals surface area contributed by atoms with E-state index in [1.165, 1.54) is 77.4 Å². The first-order valence-electron chi connectivity index (χ1n) is 16.8. The van der Waals surface area contributed by atoms with Crippen molar-refractivity contribution in [3.63, 3.8) is 0 Å². The number of phenolic OH excluding ortho intramolecular Hbond substituents is 2. The van der Waals surface area contributed by atoms with Gasteiger partial charge in [0.1, 0.15) is 11.9 Å². The number of aliphatic hydroxyl groups excluding tert-OH is 2. The molecule has 0 bridgehead atoms. The van der Waals surface area contributed by atoms with Crippen molar-refractivity contribution >= 4 is 11.6 Å². The molecule has 2 aromatic rings. The number of benzene rings is 2. The second-order valence-corrected chi connectivity index (χ2v) is 11.7. The predicted octanol–water partition coefficient (Wildman–Crippen LogP) is 8.10. The summed E-state index contributed by atoms with van der Waals surface area (Å²) in [6.07, 6.45) is 14.5. The maximum absolute atomic E-state index is 12.1. The highest BCUT2D eigenvalue weighted by molar-refractivity contribution is 5.99. The molecule has 8 nitrogen and oxygen atoms in total. The van der Waals surface area contributed by atoms with E-state index in [1.807, 2.05) is 0 Å². The second-order valence-electron chi connectivity index (χ2n) is 11.7. The van der Waals surface area contributed by atoms with Crippen molar-refractivity contribution in [3.05, 3.63) is 47.5 Å². The van der Waals surface area contributed by atoms with Crippen molar-refractivity contribution in [2.24, 2.45) is 0 Å². The van der Waals surface area contributed by atoms with Crippen LogP contribution in [0.25, 0.3) is 0 Å². The Bertz CT molecular complexity index is 1100. The van der Waals surface area contributed by atoms with Crippen molar-refractivity contribution in [1.82, 2.24) is 0 Å². The number of carbonyl (C=O) groups is 2. The Hall–Kier alpha value is -3.10. The highest BCUT2D eigenvalue weighted by atomic mass is 16.5. The molecule has 0 aliphatic heterocycles. The number of para-hydroxylation sites is 1. The number of rotatable bonds is 23. The molecule has 0 fully saturated rings. The fraction of sp³-hybridized carbons (Fsp3) is 0.622. The Morgan fingerprint density at radius 2 is 1.31 bits per heavy atom. The lowest BCUT2D eigenvalue weighted by atomic mass is 10.00. The Morgan fingerprint density at radius 1 is 0.733 bits per heavy atom. The summed E-state index contributed by atoms with van der Waals surface area (Å²) < 4.78 is 10.0. The van der Waals surface area contributed by atoms with Gasteiger partial charge in [-0.1, -0.05) is 103 Å². The zero-order valence-electron chi connectivity index (χ0n) is 28.1. The van der Waals surface area contributed by atoms with Crippen LogP contribution in [0.2, 0.25) is 0 Å². The molecule has 0 amide bonds. The van der Waals surface area contributed by atoms with Gasteiger partial charge in [-0.05, 0) is 49.1 Å². The number of carbonyl (C=O) groups excluding carboxylic acids is 2. The maximum atomic E-state index is 12.1. The van der Waals surface area contributed by atoms with Gasteiger partial charge in [0.2, 0.25) is 0 Å². The average Bonchev–Trinajstić information content (AvgIpc) is 3.03. The van der Waals surface area contributed by atoms with E-state index in [2.05, 4.69) is 13.8 Å². The molecular formula is C37H58O8. The van der Waals surface area contributed by atoms with Crippen LogP contribution in [0, 0.1) is 0 Å². The highest BCUT2D eigenvalue weighted by Gasteiger charge is 2.18. The molecule has 2 unspecified atom stereocenters. The van der Waals surface area contributed by atoms with Gasteiger partial charge in [0.15, 0.2) is 28.8 Å². The number of aromatic hydroxyl groups is 2. The largest absolute Gasteiger partial charge is 0.504 e. The molecule has 2 rings (SSSR count). The van der Waals surface area contributed by atoms with E-state index in [0.29, 0.717) is 42.6 Å². The number of ether oxygens (including phenoxy) is 2. The van der Waals surface area contributed by atoms with Crippen molar-refractivity contribution in [2.75, 3.05) is 14.2 Å². The van der Waals surface area contributed by atoms with Gasteiger partial charge in [-0.3, -0.25) is 9.59 Å². The van der Waals surface area contributed by atoms with Gasteiger partial charge < -0.3 is 29.9 Å². The third-order valence-electron chi connectivity index (χ3n) is 7.93. The molecule has 4 N–H and O–H groups in total. The van der Waals surface area contributed by atoms with E-state index >= 15 is 0 Å². The van der Waals surface area contributed by atoms with Crippen LogP contribution in [0.4, 0.5) is 0 Å². The molecule has 0 aliphatic carbocycles. The molecule has 0 spiro atoms. The fourth-order valence-electron chi connectivity index (χ4n) is 5.11. The number of ketones is 2. The minimum Gasteiger partial charge on any atom is -0.504 e. The van der Waals surface area contributed by atoms with Gasteiger partial charge in [0.05, 0.1) is 20.3 Å². The van der Waals surface area contributed by atoms with Gasteiger partial charge in [0, 0.05) is 18.4 Å².